The molecule has 0 aromatic carbocycles. The molecule has 1 fully saturated rings. The third-order valence-electron chi connectivity index (χ3n) is 3.69. The Bertz CT molecular complexity index is 515. The van der Waals surface area contributed by atoms with Gasteiger partial charge in [0.15, 0.2) is 23.6 Å². The van der Waals surface area contributed by atoms with Gasteiger partial charge in [-0.2, -0.15) is 0 Å². The van der Waals surface area contributed by atoms with Crippen LogP contribution in [0.3, 0.4) is 0 Å². The third-order valence-corrected chi connectivity index (χ3v) is 3.69. The van der Waals surface area contributed by atoms with Crippen molar-refractivity contribution >= 4 is 5.78 Å². The molecular weight excluding hydrogens is 230 g/mol. The average molecular weight is 246 g/mol. The fourth-order valence-electron chi connectivity index (χ4n) is 2.61. The van der Waals surface area contributed by atoms with Crippen LogP contribution in [0, 0.1) is 5.92 Å². The van der Waals surface area contributed by atoms with E-state index >= 15 is 0 Å². The molecule has 1 aliphatic heterocycles. The van der Waals surface area contributed by atoms with E-state index in [0.717, 1.165) is 11.5 Å². The molecule has 3 heterocycles. The zero-order valence-corrected chi connectivity index (χ0v) is 10.2. The van der Waals surface area contributed by atoms with Gasteiger partial charge in [0.25, 0.3) is 0 Å². The summed E-state index contributed by atoms with van der Waals surface area (Å²) in [6.45, 7) is 1.96. The molecule has 0 saturated carbocycles. The SMILES string of the molecule is CC1C(=O)CC(c2ccco2)[NH2+]C1c1ccco1. The molecule has 3 unspecified atom stereocenters. The van der Waals surface area contributed by atoms with Crippen LogP contribution in [0.4, 0.5) is 0 Å². The quantitative estimate of drug-likeness (QED) is 0.879. The highest BCUT2D eigenvalue weighted by molar-refractivity contribution is 5.82. The summed E-state index contributed by atoms with van der Waals surface area (Å²) in [5.74, 6) is 1.95. The molecule has 3 rings (SSSR count). The van der Waals surface area contributed by atoms with Gasteiger partial charge >= 0.3 is 0 Å². The minimum atomic E-state index is -0.0256. The monoisotopic (exact) mass is 246 g/mol. The van der Waals surface area contributed by atoms with Gasteiger partial charge in [-0.15, -0.1) is 0 Å². The zero-order chi connectivity index (χ0) is 12.5. The van der Waals surface area contributed by atoms with Crippen LogP contribution in [0.1, 0.15) is 36.9 Å². The Labute approximate surface area is 105 Å². The van der Waals surface area contributed by atoms with E-state index in [2.05, 4.69) is 5.32 Å². The Morgan fingerprint density at radius 3 is 2.44 bits per heavy atom. The first-order valence-electron chi connectivity index (χ1n) is 6.20. The standard InChI is InChI=1S/C14H15NO3/c1-9-11(16)8-10(12-4-2-6-17-12)15-14(9)13-5-3-7-18-13/h2-7,9-10,14-15H,8H2,1H3/p+1. The second-order valence-electron chi connectivity index (χ2n) is 4.81. The summed E-state index contributed by atoms with van der Waals surface area (Å²) in [4.78, 5) is 12.1. The fourth-order valence-corrected chi connectivity index (χ4v) is 2.61. The lowest BCUT2D eigenvalue weighted by Gasteiger charge is -2.29. The molecule has 0 bridgehead atoms. The molecule has 18 heavy (non-hydrogen) atoms. The summed E-state index contributed by atoms with van der Waals surface area (Å²) in [5.41, 5.74) is 0. The van der Waals surface area contributed by atoms with E-state index in [9.17, 15) is 4.79 Å². The number of rotatable bonds is 2. The highest BCUT2D eigenvalue weighted by Gasteiger charge is 2.40. The van der Waals surface area contributed by atoms with E-state index in [1.54, 1.807) is 12.5 Å². The molecule has 2 aromatic heterocycles. The summed E-state index contributed by atoms with van der Waals surface area (Å²) >= 11 is 0. The van der Waals surface area contributed by atoms with Crippen molar-refractivity contribution in [2.45, 2.75) is 25.4 Å². The normalized spacial score (nSPS) is 28.5. The first kappa shape index (κ1) is 11.3. The molecule has 0 radical (unpaired) electrons. The number of carbonyl (C=O) groups excluding carboxylic acids is 1. The van der Waals surface area contributed by atoms with Crippen molar-refractivity contribution in [2.24, 2.45) is 5.92 Å². The van der Waals surface area contributed by atoms with E-state index < -0.39 is 0 Å². The predicted octanol–water partition coefficient (Wildman–Crippen LogP) is 1.83. The summed E-state index contributed by atoms with van der Waals surface area (Å²) in [6.07, 6.45) is 3.82. The Morgan fingerprint density at radius 1 is 1.17 bits per heavy atom. The van der Waals surface area contributed by atoms with Crippen LogP contribution < -0.4 is 5.32 Å². The van der Waals surface area contributed by atoms with Gasteiger partial charge in [0.2, 0.25) is 0 Å². The van der Waals surface area contributed by atoms with Crippen LogP contribution in [0.5, 0.6) is 0 Å². The molecule has 4 heteroatoms. The van der Waals surface area contributed by atoms with Crippen molar-refractivity contribution in [1.29, 1.82) is 0 Å². The van der Waals surface area contributed by atoms with Crippen molar-refractivity contribution < 1.29 is 18.9 Å². The number of carbonyl (C=O) groups is 1. The lowest BCUT2D eigenvalue weighted by atomic mass is 9.85. The van der Waals surface area contributed by atoms with E-state index in [1.165, 1.54) is 0 Å². The maximum Gasteiger partial charge on any atom is 0.161 e. The molecule has 0 spiro atoms. The van der Waals surface area contributed by atoms with Gasteiger partial charge in [-0.25, -0.2) is 0 Å². The topological polar surface area (TPSA) is 60.0 Å². The van der Waals surface area contributed by atoms with Crippen LogP contribution in [0.2, 0.25) is 0 Å². The second kappa shape index (κ2) is 4.46. The molecule has 1 saturated heterocycles. The molecule has 4 nitrogen and oxygen atoms in total. The highest BCUT2D eigenvalue weighted by atomic mass is 16.3. The molecule has 2 N–H and O–H groups in total. The average Bonchev–Trinajstić information content (AvgIpc) is 3.03. The lowest BCUT2D eigenvalue weighted by Crippen LogP contribution is -2.89. The maximum absolute atomic E-state index is 12.1. The molecular formula is C14H16NO3+. The third kappa shape index (κ3) is 1.88. The van der Waals surface area contributed by atoms with Gasteiger partial charge in [-0.05, 0) is 31.2 Å². The Kier molecular flexibility index (Phi) is 2.80. The first-order valence-corrected chi connectivity index (χ1v) is 6.20. The number of Topliss-reactive ketones (excluding diaryl/α,β-unsaturated/α-hetero) is 1. The Balaban J connectivity index is 1.88. The maximum atomic E-state index is 12.1. The fraction of sp³-hybridized carbons (Fsp3) is 0.357. The van der Waals surface area contributed by atoms with Crippen molar-refractivity contribution in [3.8, 4) is 0 Å². The number of furan rings is 2. The zero-order valence-electron chi connectivity index (χ0n) is 10.2. The minimum absolute atomic E-state index is 0.0256. The van der Waals surface area contributed by atoms with Crippen molar-refractivity contribution in [3.05, 3.63) is 48.3 Å². The van der Waals surface area contributed by atoms with Crippen molar-refractivity contribution in [1.82, 2.24) is 0 Å². The number of quaternary nitrogens is 1. The lowest BCUT2D eigenvalue weighted by molar-refractivity contribution is -0.746. The molecule has 2 aromatic rings. The largest absolute Gasteiger partial charge is 0.463 e. The van der Waals surface area contributed by atoms with E-state index in [0.29, 0.717) is 6.42 Å². The van der Waals surface area contributed by atoms with Gasteiger partial charge < -0.3 is 14.2 Å². The first-order chi connectivity index (χ1) is 8.75. The Hall–Kier alpha value is -1.81. The van der Waals surface area contributed by atoms with Crippen LogP contribution in [-0.2, 0) is 4.79 Å². The molecule has 0 aliphatic carbocycles. The number of nitrogens with two attached hydrogens (primary N) is 1. The van der Waals surface area contributed by atoms with Crippen LogP contribution in [0.25, 0.3) is 0 Å². The van der Waals surface area contributed by atoms with Crippen LogP contribution in [-0.4, -0.2) is 5.78 Å². The van der Waals surface area contributed by atoms with Crippen molar-refractivity contribution in [2.75, 3.05) is 0 Å². The number of ketones is 1. The van der Waals surface area contributed by atoms with Gasteiger partial charge in [-0.1, -0.05) is 0 Å². The Morgan fingerprint density at radius 2 is 1.83 bits per heavy atom. The summed E-state index contributed by atoms with van der Waals surface area (Å²) in [6, 6.07) is 7.65. The summed E-state index contributed by atoms with van der Waals surface area (Å²) < 4.78 is 10.9. The van der Waals surface area contributed by atoms with Crippen molar-refractivity contribution in [3.63, 3.8) is 0 Å². The molecule has 3 atom stereocenters. The van der Waals surface area contributed by atoms with Gasteiger partial charge in [0, 0.05) is 0 Å². The number of hydrogen-bond donors (Lipinski definition) is 1. The molecule has 94 valence electrons. The van der Waals surface area contributed by atoms with Crippen LogP contribution >= 0.6 is 0 Å². The smallest absolute Gasteiger partial charge is 0.161 e. The molecule has 0 amide bonds. The van der Waals surface area contributed by atoms with E-state index in [-0.39, 0.29) is 23.8 Å². The summed E-state index contributed by atoms with van der Waals surface area (Å²) in [5, 5.41) is 2.17. The van der Waals surface area contributed by atoms with Gasteiger partial charge in [-0.3, -0.25) is 4.79 Å². The van der Waals surface area contributed by atoms with Crippen LogP contribution in [0.15, 0.2) is 45.6 Å². The van der Waals surface area contributed by atoms with Gasteiger partial charge in [0.1, 0.15) is 5.78 Å². The second-order valence-corrected chi connectivity index (χ2v) is 4.81. The predicted molar refractivity (Wildman–Crippen MR) is 63.6 cm³/mol. The number of hydrogen-bond acceptors (Lipinski definition) is 3. The highest BCUT2D eigenvalue weighted by Crippen LogP contribution is 2.28. The minimum Gasteiger partial charge on any atom is -0.463 e. The van der Waals surface area contributed by atoms with E-state index in [4.69, 9.17) is 8.83 Å². The van der Waals surface area contributed by atoms with Gasteiger partial charge in [0.05, 0.1) is 24.9 Å². The summed E-state index contributed by atoms with van der Waals surface area (Å²) in [7, 11) is 0. The molecule has 1 aliphatic rings. The van der Waals surface area contributed by atoms with E-state index in [1.807, 2.05) is 31.2 Å². The number of piperidine rings is 1.